The molecule has 0 fully saturated rings. The van der Waals surface area contributed by atoms with Crippen LogP contribution in [0.2, 0.25) is 0 Å². The molecule has 0 rings (SSSR count). The molecule has 0 aromatic heterocycles. The molecule has 0 radical (unpaired) electrons. The SMILES string of the molecule is CCCCCCCCCCC/C=C/[C@@H](O)[C@H](COP(=O)([O-])OCC[N+](C)(C)C)NC(=O)CCCCCCCCC. The molecule has 1 unspecified atom stereocenters. The highest BCUT2D eigenvalue weighted by Gasteiger charge is 2.23. The third-order valence-corrected chi connectivity index (χ3v) is 7.96. The Hall–Kier alpha value is -0.760. The number of rotatable bonds is 28. The first kappa shape index (κ1) is 39.2. The van der Waals surface area contributed by atoms with Gasteiger partial charge in [0.2, 0.25) is 5.91 Å². The minimum atomic E-state index is -4.56. The molecule has 0 spiro atoms. The predicted molar refractivity (Wildman–Crippen MR) is 164 cm³/mol. The van der Waals surface area contributed by atoms with Crippen LogP contribution in [0.3, 0.4) is 0 Å². The van der Waals surface area contributed by atoms with Crippen LogP contribution in [-0.2, 0) is 18.4 Å². The molecule has 0 saturated carbocycles. The summed E-state index contributed by atoms with van der Waals surface area (Å²) in [4.78, 5) is 24.8. The number of likely N-dealkylation sites (N-methyl/N-ethyl adjacent to an activating group) is 1. The third kappa shape index (κ3) is 26.2. The number of aliphatic hydroxyl groups excluding tert-OH is 1. The number of allylic oxidation sites excluding steroid dienone is 1. The van der Waals surface area contributed by atoms with Gasteiger partial charge in [0, 0.05) is 6.42 Å². The Morgan fingerprint density at radius 2 is 1.35 bits per heavy atom. The Morgan fingerprint density at radius 1 is 0.850 bits per heavy atom. The Kier molecular flexibility index (Phi) is 24.3. The molecule has 0 aliphatic heterocycles. The molecule has 0 aliphatic rings. The minimum Gasteiger partial charge on any atom is -0.756 e. The van der Waals surface area contributed by atoms with Crippen LogP contribution in [-0.4, -0.2) is 68.5 Å². The van der Waals surface area contributed by atoms with E-state index >= 15 is 0 Å². The van der Waals surface area contributed by atoms with E-state index < -0.39 is 20.0 Å². The fourth-order valence-electron chi connectivity index (χ4n) is 4.33. The molecule has 8 nitrogen and oxygen atoms in total. The molecule has 238 valence electrons. The number of carbonyl (C=O) groups excluding carboxylic acids is 1. The van der Waals surface area contributed by atoms with Crippen molar-refractivity contribution in [3.63, 3.8) is 0 Å². The highest BCUT2D eigenvalue weighted by molar-refractivity contribution is 7.45. The first-order chi connectivity index (χ1) is 19.0. The van der Waals surface area contributed by atoms with E-state index in [9.17, 15) is 19.4 Å². The van der Waals surface area contributed by atoms with Gasteiger partial charge in [-0.15, -0.1) is 0 Å². The van der Waals surface area contributed by atoms with Gasteiger partial charge in [0.15, 0.2) is 0 Å². The molecule has 0 aliphatic carbocycles. The summed E-state index contributed by atoms with van der Waals surface area (Å²) in [6.07, 6.45) is 22.6. The van der Waals surface area contributed by atoms with Gasteiger partial charge < -0.3 is 28.8 Å². The molecule has 1 amide bonds. The van der Waals surface area contributed by atoms with Crippen LogP contribution in [0, 0.1) is 0 Å². The molecule has 9 heteroatoms. The number of unbranched alkanes of at least 4 members (excludes halogenated alkanes) is 15. The fourth-order valence-corrected chi connectivity index (χ4v) is 5.05. The normalized spacial score (nSPS) is 15.3. The number of phosphoric ester groups is 1. The van der Waals surface area contributed by atoms with Crippen molar-refractivity contribution in [2.75, 3.05) is 40.9 Å². The third-order valence-electron chi connectivity index (χ3n) is 7.00. The van der Waals surface area contributed by atoms with Crippen molar-refractivity contribution in [2.24, 2.45) is 0 Å². The van der Waals surface area contributed by atoms with E-state index in [2.05, 4.69) is 19.2 Å². The lowest BCUT2D eigenvalue weighted by Gasteiger charge is -2.29. The van der Waals surface area contributed by atoms with Gasteiger partial charge in [-0.25, -0.2) is 0 Å². The molecule has 0 aromatic rings. The van der Waals surface area contributed by atoms with Crippen LogP contribution in [0.4, 0.5) is 0 Å². The van der Waals surface area contributed by atoms with E-state index in [0.29, 0.717) is 17.4 Å². The van der Waals surface area contributed by atoms with E-state index in [1.807, 2.05) is 27.2 Å². The quantitative estimate of drug-likeness (QED) is 0.0457. The minimum absolute atomic E-state index is 0.000750. The molecular weight excluding hydrogens is 527 g/mol. The van der Waals surface area contributed by atoms with Gasteiger partial charge in [0.25, 0.3) is 7.82 Å². The molecule has 0 heterocycles. The van der Waals surface area contributed by atoms with E-state index in [1.54, 1.807) is 6.08 Å². The lowest BCUT2D eigenvalue weighted by molar-refractivity contribution is -0.870. The van der Waals surface area contributed by atoms with E-state index in [4.69, 9.17) is 9.05 Å². The average Bonchev–Trinajstić information content (AvgIpc) is 2.88. The molecule has 40 heavy (non-hydrogen) atoms. The highest BCUT2D eigenvalue weighted by Crippen LogP contribution is 2.38. The zero-order chi connectivity index (χ0) is 30.1. The smallest absolute Gasteiger partial charge is 0.268 e. The van der Waals surface area contributed by atoms with Crippen molar-refractivity contribution < 1.29 is 32.9 Å². The second-order valence-electron chi connectivity index (χ2n) is 12.2. The Morgan fingerprint density at radius 3 is 1.88 bits per heavy atom. The van der Waals surface area contributed by atoms with Crippen LogP contribution < -0.4 is 10.2 Å². The Balaban J connectivity index is 4.66. The second kappa shape index (κ2) is 24.8. The predicted octanol–water partition coefficient (Wildman–Crippen LogP) is 6.66. The summed E-state index contributed by atoms with van der Waals surface area (Å²) in [7, 11) is 1.26. The Labute approximate surface area is 246 Å². The standard InChI is InChI=1S/C31H63N2O6P/c1-6-8-10-12-14-15-16-17-19-20-22-24-30(34)29(28-39-40(36,37)38-27-26-33(3,4)5)32-31(35)25-23-21-18-13-11-9-7-2/h22,24,29-30,34H,6-21,23,25-28H2,1-5H3,(H-,32,35,36,37)/b24-22+/t29-,30+/m0/s1. The van der Waals surface area contributed by atoms with Gasteiger partial charge in [0.1, 0.15) is 13.2 Å². The first-order valence-corrected chi connectivity index (χ1v) is 17.5. The van der Waals surface area contributed by atoms with E-state index in [-0.39, 0.29) is 19.1 Å². The molecule has 2 N–H and O–H groups in total. The maximum Gasteiger partial charge on any atom is 0.268 e. The topological polar surface area (TPSA) is 108 Å². The van der Waals surface area contributed by atoms with Crippen molar-refractivity contribution in [3.8, 4) is 0 Å². The van der Waals surface area contributed by atoms with Crippen LogP contribution in [0.5, 0.6) is 0 Å². The van der Waals surface area contributed by atoms with Crippen LogP contribution in [0.25, 0.3) is 0 Å². The Bertz CT molecular complexity index is 683. The van der Waals surface area contributed by atoms with Crippen molar-refractivity contribution in [2.45, 2.75) is 142 Å². The zero-order valence-electron chi connectivity index (χ0n) is 26.5. The van der Waals surface area contributed by atoms with Crippen LogP contribution in [0.15, 0.2) is 12.2 Å². The lowest BCUT2D eigenvalue weighted by Crippen LogP contribution is -2.45. The van der Waals surface area contributed by atoms with E-state index in [1.165, 1.54) is 70.6 Å². The number of amides is 1. The largest absolute Gasteiger partial charge is 0.756 e. The number of nitrogens with one attached hydrogen (secondary N) is 1. The lowest BCUT2D eigenvalue weighted by atomic mass is 10.1. The molecule has 0 saturated heterocycles. The molecule has 3 atom stereocenters. The van der Waals surface area contributed by atoms with Gasteiger partial charge in [0.05, 0.1) is 39.9 Å². The number of hydrogen-bond acceptors (Lipinski definition) is 6. The average molecular weight is 591 g/mol. The first-order valence-electron chi connectivity index (χ1n) is 16.1. The van der Waals surface area contributed by atoms with Crippen molar-refractivity contribution >= 4 is 13.7 Å². The maximum absolute atomic E-state index is 12.6. The van der Waals surface area contributed by atoms with Gasteiger partial charge in [-0.3, -0.25) is 9.36 Å². The summed E-state index contributed by atoms with van der Waals surface area (Å²) in [5.41, 5.74) is 0. The number of quaternary nitrogens is 1. The highest BCUT2D eigenvalue weighted by atomic mass is 31.2. The summed E-state index contributed by atoms with van der Waals surface area (Å²) in [5, 5.41) is 13.5. The van der Waals surface area contributed by atoms with Gasteiger partial charge in [-0.2, -0.15) is 0 Å². The number of phosphoric acid groups is 1. The number of nitrogens with zero attached hydrogens (tertiary/aromatic N) is 1. The fraction of sp³-hybridized carbons (Fsp3) is 0.903. The summed E-state index contributed by atoms with van der Waals surface area (Å²) in [6, 6.07) is -0.874. The van der Waals surface area contributed by atoms with Crippen molar-refractivity contribution in [3.05, 3.63) is 12.2 Å². The molecule has 0 bridgehead atoms. The maximum atomic E-state index is 12.6. The summed E-state index contributed by atoms with van der Waals surface area (Å²) in [6.45, 7) is 4.54. The van der Waals surface area contributed by atoms with Crippen LogP contribution >= 0.6 is 7.82 Å². The van der Waals surface area contributed by atoms with Crippen molar-refractivity contribution in [1.82, 2.24) is 5.32 Å². The molecule has 0 aromatic carbocycles. The number of hydrogen-bond donors (Lipinski definition) is 2. The van der Waals surface area contributed by atoms with Gasteiger partial charge in [-0.1, -0.05) is 116 Å². The van der Waals surface area contributed by atoms with Crippen LogP contribution in [0.1, 0.15) is 129 Å². The van der Waals surface area contributed by atoms with Gasteiger partial charge in [-0.05, 0) is 19.3 Å². The number of aliphatic hydroxyl groups is 1. The summed E-state index contributed by atoms with van der Waals surface area (Å²) in [5.74, 6) is -0.208. The van der Waals surface area contributed by atoms with E-state index in [0.717, 1.165) is 38.5 Å². The monoisotopic (exact) mass is 590 g/mol. The summed E-state index contributed by atoms with van der Waals surface area (Å²) < 4.78 is 22.9. The second-order valence-corrected chi connectivity index (χ2v) is 13.6. The van der Waals surface area contributed by atoms with Gasteiger partial charge >= 0.3 is 0 Å². The zero-order valence-corrected chi connectivity index (χ0v) is 27.4. The van der Waals surface area contributed by atoms with Crippen molar-refractivity contribution in [1.29, 1.82) is 0 Å². The number of carbonyl (C=O) groups is 1. The molecular formula is C31H63N2O6P. The summed E-state index contributed by atoms with van der Waals surface area (Å²) >= 11 is 0.